The summed E-state index contributed by atoms with van der Waals surface area (Å²) in [6.07, 6.45) is 4.08. The summed E-state index contributed by atoms with van der Waals surface area (Å²) in [5.74, 6) is 1.34. The minimum absolute atomic E-state index is 0.133. The molecule has 0 radical (unpaired) electrons. The van der Waals surface area contributed by atoms with E-state index in [0.717, 1.165) is 57.9 Å². The van der Waals surface area contributed by atoms with Crippen molar-refractivity contribution in [2.24, 2.45) is 0 Å². The Labute approximate surface area is 311 Å². The summed E-state index contributed by atoms with van der Waals surface area (Å²) in [6, 6.07) is 25.8. The number of imidazole rings is 2. The molecule has 5 aromatic rings. The van der Waals surface area contributed by atoms with Crippen LogP contribution in [0.1, 0.15) is 90.6 Å². The van der Waals surface area contributed by atoms with E-state index < -0.39 is 29.4 Å². The van der Waals surface area contributed by atoms with Crippen molar-refractivity contribution in [2.45, 2.75) is 97.3 Å². The Balaban J connectivity index is 1.12. The smallest absolute Gasteiger partial charge is 0.410 e. The van der Waals surface area contributed by atoms with Crippen LogP contribution in [0.3, 0.4) is 0 Å². The lowest BCUT2D eigenvalue weighted by molar-refractivity contribution is 0.0126. The molecule has 1 fully saturated rings. The van der Waals surface area contributed by atoms with Gasteiger partial charge in [-0.05, 0) is 89.1 Å². The molecular weight excluding hydrogens is 668 g/mol. The van der Waals surface area contributed by atoms with Gasteiger partial charge in [-0.25, -0.2) is 19.6 Å². The minimum Gasteiger partial charge on any atom is -0.444 e. The maximum Gasteiger partial charge on any atom is 0.410 e. The van der Waals surface area contributed by atoms with Crippen LogP contribution >= 0.6 is 0 Å². The van der Waals surface area contributed by atoms with E-state index in [4.69, 9.17) is 14.2 Å². The van der Waals surface area contributed by atoms with Gasteiger partial charge in [0.05, 0.1) is 42.5 Å². The number of hydrogen-bond acceptors (Lipinski definition) is 7. The number of rotatable bonds is 10. The molecule has 6 rings (SSSR count). The van der Waals surface area contributed by atoms with E-state index in [2.05, 4.69) is 61.7 Å². The number of nitrogens with zero attached hydrogens (tertiary/aromatic N) is 3. The second-order valence-electron chi connectivity index (χ2n) is 15.5. The molecule has 2 amide bonds. The number of amides is 2. The SMILES string of the molecule is C[C@H](OCc1ccccc1)[C@H](NC(=O)OC(C)(C)C)c1ncc(-c2ccc(-c3ccc(-c4cnc([C@@H]5CCCN5C(=O)OC(C)(C)C)[nH]4)cc3)cc2)[nH]1. The summed E-state index contributed by atoms with van der Waals surface area (Å²) >= 11 is 0. The second kappa shape index (κ2) is 15.7. The lowest BCUT2D eigenvalue weighted by atomic mass is 10.0. The van der Waals surface area contributed by atoms with Gasteiger partial charge >= 0.3 is 12.2 Å². The van der Waals surface area contributed by atoms with Crippen LogP contribution in [0.25, 0.3) is 33.6 Å². The highest BCUT2D eigenvalue weighted by molar-refractivity contribution is 5.72. The van der Waals surface area contributed by atoms with Crippen LogP contribution in [-0.4, -0.2) is 60.9 Å². The number of H-pyrrole nitrogens is 2. The van der Waals surface area contributed by atoms with Gasteiger partial charge in [-0.1, -0.05) is 78.9 Å². The van der Waals surface area contributed by atoms with Crippen molar-refractivity contribution in [3.8, 4) is 33.6 Å². The molecule has 53 heavy (non-hydrogen) atoms. The molecule has 278 valence electrons. The molecule has 0 unspecified atom stereocenters. The zero-order chi connectivity index (χ0) is 37.8. The Morgan fingerprint density at radius 1 is 0.792 bits per heavy atom. The Bertz CT molecular complexity index is 1970. The molecule has 2 aromatic heterocycles. The number of ether oxygens (including phenoxy) is 3. The van der Waals surface area contributed by atoms with Crippen molar-refractivity contribution in [1.82, 2.24) is 30.2 Å². The number of aromatic nitrogens is 4. The lowest BCUT2D eigenvalue weighted by Gasteiger charge is -2.27. The molecule has 11 nitrogen and oxygen atoms in total. The molecule has 0 aliphatic carbocycles. The van der Waals surface area contributed by atoms with E-state index in [1.165, 1.54) is 0 Å². The van der Waals surface area contributed by atoms with Gasteiger partial charge in [0.2, 0.25) is 0 Å². The minimum atomic E-state index is -0.649. The third-order valence-electron chi connectivity index (χ3n) is 8.90. The predicted octanol–water partition coefficient (Wildman–Crippen LogP) is 9.38. The zero-order valence-corrected chi connectivity index (χ0v) is 31.6. The summed E-state index contributed by atoms with van der Waals surface area (Å²) < 4.78 is 17.4. The van der Waals surface area contributed by atoms with E-state index in [9.17, 15) is 9.59 Å². The van der Waals surface area contributed by atoms with E-state index in [-0.39, 0.29) is 12.1 Å². The van der Waals surface area contributed by atoms with Crippen LogP contribution in [0.4, 0.5) is 9.59 Å². The van der Waals surface area contributed by atoms with E-state index in [0.29, 0.717) is 19.0 Å². The van der Waals surface area contributed by atoms with Crippen LogP contribution in [-0.2, 0) is 20.8 Å². The number of hydrogen-bond donors (Lipinski definition) is 3. The average molecular weight is 719 g/mol. The van der Waals surface area contributed by atoms with Crippen LogP contribution < -0.4 is 5.32 Å². The molecule has 0 spiro atoms. The largest absolute Gasteiger partial charge is 0.444 e. The van der Waals surface area contributed by atoms with Crippen LogP contribution in [0.2, 0.25) is 0 Å². The number of benzene rings is 3. The summed E-state index contributed by atoms with van der Waals surface area (Å²) in [6.45, 7) is 14.1. The van der Waals surface area contributed by atoms with Crippen molar-refractivity contribution >= 4 is 12.2 Å². The normalized spacial score (nSPS) is 15.9. The summed E-state index contributed by atoms with van der Waals surface area (Å²) in [7, 11) is 0. The molecule has 1 aliphatic heterocycles. The van der Waals surface area contributed by atoms with E-state index in [1.54, 1.807) is 11.1 Å². The fraction of sp³-hybridized carbons (Fsp3) is 0.381. The van der Waals surface area contributed by atoms with Gasteiger partial charge in [0.25, 0.3) is 0 Å². The van der Waals surface area contributed by atoms with Crippen molar-refractivity contribution in [3.63, 3.8) is 0 Å². The third kappa shape index (κ3) is 9.72. The molecule has 3 heterocycles. The van der Waals surface area contributed by atoms with Crippen molar-refractivity contribution in [2.75, 3.05) is 6.54 Å². The van der Waals surface area contributed by atoms with Gasteiger partial charge < -0.3 is 29.5 Å². The van der Waals surface area contributed by atoms with Crippen LogP contribution in [0, 0.1) is 0 Å². The van der Waals surface area contributed by atoms with Crippen LogP contribution in [0.5, 0.6) is 0 Å². The first-order valence-electron chi connectivity index (χ1n) is 18.2. The quantitative estimate of drug-likeness (QED) is 0.131. The van der Waals surface area contributed by atoms with Gasteiger partial charge in [0.15, 0.2) is 0 Å². The number of carbonyl (C=O) groups excluding carboxylic acids is 2. The molecular formula is C42H50N6O5. The van der Waals surface area contributed by atoms with Gasteiger partial charge in [-0.15, -0.1) is 0 Å². The summed E-state index contributed by atoms with van der Waals surface area (Å²) in [5.41, 5.74) is 5.65. The highest BCUT2D eigenvalue weighted by Gasteiger charge is 2.35. The number of aromatic amines is 2. The van der Waals surface area contributed by atoms with Gasteiger partial charge in [-0.3, -0.25) is 4.90 Å². The third-order valence-corrected chi connectivity index (χ3v) is 8.90. The lowest BCUT2D eigenvalue weighted by Crippen LogP contribution is -2.40. The fourth-order valence-electron chi connectivity index (χ4n) is 6.31. The molecule has 0 bridgehead atoms. The molecule has 1 saturated heterocycles. The van der Waals surface area contributed by atoms with Crippen molar-refractivity contribution in [1.29, 1.82) is 0 Å². The highest BCUT2D eigenvalue weighted by Crippen LogP contribution is 2.34. The molecule has 1 aliphatic rings. The van der Waals surface area contributed by atoms with E-state index in [1.807, 2.05) is 97.1 Å². The first-order chi connectivity index (χ1) is 25.2. The topological polar surface area (TPSA) is 134 Å². The first-order valence-corrected chi connectivity index (χ1v) is 18.2. The molecule has 11 heteroatoms. The number of nitrogens with one attached hydrogen (secondary N) is 3. The van der Waals surface area contributed by atoms with Gasteiger partial charge in [-0.2, -0.15) is 0 Å². The monoisotopic (exact) mass is 718 g/mol. The Hall–Kier alpha value is -5.42. The van der Waals surface area contributed by atoms with Gasteiger partial charge in [0.1, 0.15) is 28.9 Å². The van der Waals surface area contributed by atoms with Crippen molar-refractivity contribution in [3.05, 3.63) is 108 Å². The second-order valence-corrected chi connectivity index (χ2v) is 15.5. The van der Waals surface area contributed by atoms with Gasteiger partial charge in [0, 0.05) is 6.54 Å². The number of likely N-dealkylation sites (tertiary alicyclic amines) is 1. The van der Waals surface area contributed by atoms with Crippen molar-refractivity contribution < 1.29 is 23.8 Å². The maximum absolute atomic E-state index is 12.8. The average Bonchev–Trinajstić information content (AvgIpc) is 3.90. The summed E-state index contributed by atoms with van der Waals surface area (Å²) in [4.78, 5) is 43.6. The van der Waals surface area contributed by atoms with Crippen LogP contribution in [0.15, 0.2) is 91.3 Å². The Morgan fingerprint density at radius 3 is 1.96 bits per heavy atom. The molecule has 3 aromatic carbocycles. The number of alkyl carbamates (subject to hydrolysis) is 1. The first kappa shape index (κ1) is 37.3. The molecule has 3 atom stereocenters. The summed E-state index contributed by atoms with van der Waals surface area (Å²) in [5, 5.41) is 2.96. The van der Waals surface area contributed by atoms with E-state index >= 15 is 0 Å². The highest BCUT2D eigenvalue weighted by atomic mass is 16.6. The Morgan fingerprint density at radius 2 is 1.36 bits per heavy atom. The molecule has 3 N–H and O–H groups in total. The zero-order valence-electron chi connectivity index (χ0n) is 31.6. The molecule has 0 saturated carbocycles. The number of carbonyl (C=O) groups is 2. The predicted molar refractivity (Wildman–Crippen MR) is 205 cm³/mol. The standard InChI is InChI=1S/C42H50N6O5/c1-27(51-26-28-12-9-8-10-13-28)36(47-39(49)52-41(2,3)4)38-44-25-34(46-38)32-21-17-30(18-22-32)29-15-19-31(20-16-29)33-24-43-37(45-33)35-14-11-23-48(35)40(50)53-42(5,6)7/h8-10,12-13,15-22,24-25,27,35-36H,11,14,23,26H2,1-7H3,(H,43,45)(H,44,46)(H,47,49)/t27-,35-,36-/m0/s1. The maximum atomic E-state index is 12.8. The Kier molecular flexibility index (Phi) is 11.0. The fourth-order valence-corrected chi connectivity index (χ4v) is 6.31.